The fraction of sp³-hybridized carbons (Fsp3) is 0.933. The molecule has 1 fully saturated rings. The highest BCUT2D eigenvalue weighted by atomic mass is 16.5. The normalized spacial score (nSPS) is 17.6. The fourth-order valence-electron chi connectivity index (χ4n) is 2.07. The number of methoxy groups -OCH3 is 1. The highest BCUT2D eigenvalue weighted by molar-refractivity contribution is 5.78. The van der Waals surface area contributed by atoms with Crippen molar-refractivity contribution in [2.24, 2.45) is 0 Å². The van der Waals surface area contributed by atoms with Crippen LogP contribution < -0.4 is 5.32 Å². The molecule has 0 bridgehead atoms. The maximum atomic E-state index is 11.3. The van der Waals surface area contributed by atoms with Crippen molar-refractivity contribution in [3.05, 3.63) is 0 Å². The molecule has 0 saturated heterocycles. The zero-order chi connectivity index (χ0) is 15.6. The van der Waals surface area contributed by atoms with Gasteiger partial charge in [0, 0.05) is 33.0 Å². The predicted molar refractivity (Wildman–Crippen MR) is 79.6 cm³/mol. The van der Waals surface area contributed by atoms with E-state index in [1.807, 2.05) is 0 Å². The summed E-state index contributed by atoms with van der Waals surface area (Å²) in [6, 6.07) is 0.382. The number of nitrogens with one attached hydrogen (secondary N) is 1. The number of carboxylic acid groups (broad SMARTS) is 1. The van der Waals surface area contributed by atoms with E-state index in [2.05, 4.69) is 5.32 Å². The molecular weight excluding hydrogens is 274 g/mol. The molecule has 1 aliphatic rings. The zero-order valence-electron chi connectivity index (χ0n) is 13.2. The maximum absolute atomic E-state index is 11.3. The van der Waals surface area contributed by atoms with Crippen LogP contribution in [0.1, 0.15) is 39.0 Å². The van der Waals surface area contributed by atoms with E-state index in [9.17, 15) is 9.90 Å². The second-order valence-corrected chi connectivity index (χ2v) is 5.73. The van der Waals surface area contributed by atoms with Gasteiger partial charge >= 0.3 is 5.97 Å². The quantitative estimate of drug-likeness (QED) is 0.473. The number of hydrogen-bond acceptors (Lipinski definition) is 5. The molecule has 1 aliphatic carbocycles. The van der Waals surface area contributed by atoms with E-state index in [4.69, 9.17) is 14.2 Å². The molecule has 6 heteroatoms. The van der Waals surface area contributed by atoms with Crippen molar-refractivity contribution in [1.29, 1.82) is 0 Å². The molecule has 0 amide bonds. The summed E-state index contributed by atoms with van der Waals surface area (Å²) in [4.78, 5) is 11.3. The van der Waals surface area contributed by atoms with E-state index in [1.165, 1.54) is 0 Å². The van der Waals surface area contributed by atoms with Gasteiger partial charge in [0.15, 0.2) is 0 Å². The number of aliphatic carboxylic acids is 1. The van der Waals surface area contributed by atoms with E-state index in [0.717, 1.165) is 25.7 Å². The van der Waals surface area contributed by atoms with Crippen molar-refractivity contribution >= 4 is 5.97 Å². The lowest BCUT2D eigenvalue weighted by atomic mass is 9.96. The predicted octanol–water partition coefficient (Wildman–Crippen LogP) is 1.43. The van der Waals surface area contributed by atoms with Gasteiger partial charge in [-0.05, 0) is 39.0 Å². The van der Waals surface area contributed by atoms with Crippen LogP contribution >= 0.6 is 0 Å². The van der Waals surface area contributed by atoms with Gasteiger partial charge in [0.1, 0.15) is 5.54 Å². The Labute approximate surface area is 127 Å². The minimum atomic E-state index is -0.832. The van der Waals surface area contributed by atoms with Crippen molar-refractivity contribution in [1.82, 2.24) is 5.32 Å². The molecule has 0 heterocycles. The monoisotopic (exact) mass is 303 g/mol. The molecular formula is C15H29NO5. The standard InChI is InChI=1S/C15H29NO5/c1-15(14(17)18,16-13-5-6-13)7-3-9-20-11-12-21-10-4-8-19-2/h13,16H,3-12H2,1-2H3,(H,17,18). The molecule has 1 atom stereocenters. The largest absolute Gasteiger partial charge is 0.480 e. The molecule has 1 rings (SSSR count). The summed E-state index contributed by atoms with van der Waals surface area (Å²) >= 11 is 0. The van der Waals surface area contributed by atoms with Gasteiger partial charge in [-0.1, -0.05) is 0 Å². The highest BCUT2D eigenvalue weighted by Crippen LogP contribution is 2.25. The second-order valence-electron chi connectivity index (χ2n) is 5.73. The summed E-state index contributed by atoms with van der Waals surface area (Å²) in [5, 5.41) is 12.5. The number of carbonyl (C=O) groups is 1. The van der Waals surface area contributed by atoms with Crippen molar-refractivity contribution in [2.45, 2.75) is 50.6 Å². The number of hydrogen-bond donors (Lipinski definition) is 2. The number of ether oxygens (including phenoxy) is 3. The van der Waals surface area contributed by atoms with Crippen molar-refractivity contribution in [3.8, 4) is 0 Å². The minimum absolute atomic E-state index is 0.382. The smallest absolute Gasteiger partial charge is 0.323 e. The first-order valence-electron chi connectivity index (χ1n) is 7.74. The fourth-order valence-corrected chi connectivity index (χ4v) is 2.07. The topological polar surface area (TPSA) is 77.0 Å². The first kappa shape index (κ1) is 18.4. The summed E-state index contributed by atoms with van der Waals surface area (Å²) < 4.78 is 15.7. The third-order valence-corrected chi connectivity index (χ3v) is 3.55. The molecule has 0 aromatic rings. The Kier molecular flexibility index (Phi) is 8.84. The van der Waals surface area contributed by atoms with Gasteiger partial charge in [-0.15, -0.1) is 0 Å². The molecule has 6 nitrogen and oxygen atoms in total. The summed E-state index contributed by atoms with van der Waals surface area (Å²) in [5.41, 5.74) is -0.832. The van der Waals surface area contributed by atoms with Gasteiger partial charge in [0.25, 0.3) is 0 Å². The third-order valence-electron chi connectivity index (χ3n) is 3.55. The van der Waals surface area contributed by atoms with Crippen LogP contribution in [0.25, 0.3) is 0 Å². The first-order valence-corrected chi connectivity index (χ1v) is 7.74. The Balaban J connectivity index is 1.97. The van der Waals surface area contributed by atoms with E-state index in [-0.39, 0.29) is 0 Å². The lowest BCUT2D eigenvalue weighted by molar-refractivity contribution is -0.144. The molecule has 124 valence electrons. The molecule has 21 heavy (non-hydrogen) atoms. The Bertz CT molecular complexity index is 296. The molecule has 1 unspecified atom stereocenters. The van der Waals surface area contributed by atoms with Crippen molar-refractivity contribution < 1.29 is 24.1 Å². The molecule has 0 radical (unpaired) electrons. The Morgan fingerprint density at radius 2 is 1.76 bits per heavy atom. The summed E-state index contributed by atoms with van der Waals surface area (Å²) in [6.07, 6.45) is 4.36. The Morgan fingerprint density at radius 3 is 2.29 bits per heavy atom. The number of carboxylic acids is 1. The van der Waals surface area contributed by atoms with Gasteiger partial charge in [0.2, 0.25) is 0 Å². The molecule has 2 N–H and O–H groups in total. The average molecular weight is 303 g/mol. The van der Waals surface area contributed by atoms with Crippen LogP contribution in [0.4, 0.5) is 0 Å². The first-order chi connectivity index (χ1) is 10.1. The molecule has 1 saturated carbocycles. The van der Waals surface area contributed by atoms with E-state index < -0.39 is 11.5 Å². The Hall–Kier alpha value is -0.690. The van der Waals surface area contributed by atoms with Crippen LogP contribution in [0.2, 0.25) is 0 Å². The summed E-state index contributed by atoms with van der Waals surface area (Å²) in [7, 11) is 1.67. The van der Waals surface area contributed by atoms with E-state index in [0.29, 0.717) is 45.5 Å². The van der Waals surface area contributed by atoms with Gasteiger partial charge in [-0.25, -0.2) is 0 Å². The van der Waals surface area contributed by atoms with Gasteiger partial charge in [-0.3, -0.25) is 10.1 Å². The molecule has 0 aromatic heterocycles. The van der Waals surface area contributed by atoms with Gasteiger partial charge in [-0.2, -0.15) is 0 Å². The van der Waals surface area contributed by atoms with Gasteiger partial charge < -0.3 is 19.3 Å². The SMILES string of the molecule is COCCCOCCOCCCC(C)(NC1CC1)C(=O)O. The molecule has 0 spiro atoms. The highest BCUT2D eigenvalue weighted by Gasteiger charge is 2.37. The average Bonchev–Trinajstić information content (AvgIpc) is 3.24. The van der Waals surface area contributed by atoms with Crippen LogP contribution in [0.3, 0.4) is 0 Å². The van der Waals surface area contributed by atoms with E-state index in [1.54, 1.807) is 14.0 Å². The van der Waals surface area contributed by atoms with Crippen LogP contribution in [0.5, 0.6) is 0 Å². The zero-order valence-corrected chi connectivity index (χ0v) is 13.2. The molecule has 0 aromatic carbocycles. The van der Waals surface area contributed by atoms with Crippen LogP contribution in [-0.4, -0.2) is 62.8 Å². The van der Waals surface area contributed by atoms with Crippen molar-refractivity contribution in [3.63, 3.8) is 0 Å². The van der Waals surface area contributed by atoms with Crippen LogP contribution in [0.15, 0.2) is 0 Å². The lowest BCUT2D eigenvalue weighted by Gasteiger charge is -2.26. The lowest BCUT2D eigenvalue weighted by Crippen LogP contribution is -2.50. The van der Waals surface area contributed by atoms with E-state index >= 15 is 0 Å². The van der Waals surface area contributed by atoms with Crippen LogP contribution in [0, 0.1) is 0 Å². The maximum Gasteiger partial charge on any atom is 0.323 e. The summed E-state index contributed by atoms with van der Waals surface area (Å²) in [5.74, 6) is -0.782. The third kappa shape index (κ3) is 8.36. The minimum Gasteiger partial charge on any atom is -0.480 e. The molecule has 0 aliphatic heterocycles. The number of rotatable bonds is 14. The van der Waals surface area contributed by atoms with Crippen molar-refractivity contribution in [2.75, 3.05) is 40.1 Å². The van der Waals surface area contributed by atoms with Crippen LogP contribution in [-0.2, 0) is 19.0 Å². The second kappa shape index (κ2) is 10.1. The van der Waals surface area contributed by atoms with Gasteiger partial charge in [0.05, 0.1) is 13.2 Å². The summed E-state index contributed by atoms with van der Waals surface area (Å²) in [6.45, 7) is 4.83. The Morgan fingerprint density at radius 1 is 1.14 bits per heavy atom.